The second-order valence-electron chi connectivity index (χ2n) is 6.31. The van der Waals surface area contributed by atoms with Gasteiger partial charge >= 0.3 is 6.01 Å². The van der Waals surface area contributed by atoms with Crippen LogP contribution in [0.5, 0.6) is 0 Å². The monoisotopic (exact) mass is 440 g/mol. The Labute approximate surface area is 176 Å². The number of amides is 1. The van der Waals surface area contributed by atoms with E-state index >= 15 is 0 Å². The Morgan fingerprint density at radius 1 is 1.00 bits per heavy atom. The third kappa shape index (κ3) is 4.24. The van der Waals surface area contributed by atoms with E-state index < -0.39 is 15.9 Å². The van der Waals surface area contributed by atoms with Crippen LogP contribution in [0.3, 0.4) is 0 Å². The summed E-state index contributed by atoms with van der Waals surface area (Å²) in [4.78, 5) is 13.6. The summed E-state index contributed by atoms with van der Waals surface area (Å²) in [5, 5.41) is 12.1. The molecular weight excluding hydrogens is 424 g/mol. The van der Waals surface area contributed by atoms with Gasteiger partial charge in [-0.25, -0.2) is 8.42 Å². The highest BCUT2D eigenvalue weighted by Gasteiger charge is 2.20. The second kappa shape index (κ2) is 8.09. The first-order valence-electron chi connectivity index (χ1n) is 8.80. The maximum Gasteiger partial charge on any atom is 0.322 e. The minimum atomic E-state index is -3.86. The number of benzene rings is 2. The smallest absolute Gasteiger partial charge is 0.322 e. The summed E-state index contributed by atoms with van der Waals surface area (Å²) >= 11 is 1.43. The molecule has 0 spiro atoms. The van der Waals surface area contributed by atoms with Crippen molar-refractivity contribution in [2.24, 2.45) is 0 Å². The van der Waals surface area contributed by atoms with E-state index in [2.05, 4.69) is 20.2 Å². The summed E-state index contributed by atoms with van der Waals surface area (Å²) in [5.74, 6) is -0.299. The lowest BCUT2D eigenvalue weighted by molar-refractivity contribution is 0.102. The number of sulfonamides is 1. The van der Waals surface area contributed by atoms with Crippen LogP contribution >= 0.6 is 11.3 Å². The Morgan fingerprint density at radius 2 is 1.77 bits per heavy atom. The Hall–Kier alpha value is -3.50. The number of hydrogen-bond donors (Lipinski definition) is 2. The van der Waals surface area contributed by atoms with Crippen LogP contribution in [0, 0.1) is 6.92 Å². The molecule has 2 aromatic heterocycles. The van der Waals surface area contributed by atoms with Crippen molar-refractivity contribution < 1.29 is 17.6 Å². The van der Waals surface area contributed by atoms with Crippen LogP contribution in [0.2, 0.25) is 0 Å². The number of nitrogens with zero attached hydrogens (tertiary/aromatic N) is 2. The van der Waals surface area contributed by atoms with Gasteiger partial charge in [-0.1, -0.05) is 41.0 Å². The number of carbonyl (C=O) groups excluding carboxylic acids is 1. The van der Waals surface area contributed by atoms with Gasteiger partial charge in [0.1, 0.15) is 0 Å². The minimum Gasteiger partial charge on any atom is -0.402 e. The van der Waals surface area contributed by atoms with E-state index in [1.54, 1.807) is 24.3 Å². The maximum atomic E-state index is 12.7. The highest BCUT2D eigenvalue weighted by atomic mass is 32.2. The summed E-state index contributed by atoms with van der Waals surface area (Å²) in [6.07, 6.45) is 0. The Morgan fingerprint density at radius 3 is 2.50 bits per heavy atom. The summed E-state index contributed by atoms with van der Waals surface area (Å²) in [5.41, 5.74) is 1.19. The summed E-state index contributed by atoms with van der Waals surface area (Å²) in [6.45, 7) is 1.87. The van der Waals surface area contributed by atoms with Crippen LogP contribution in [0.25, 0.3) is 10.8 Å². The standard InChI is InChI=1S/C20H16N4O4S2/c1-13-8-10-14(11-9-13)30(26,27)24-16-6-3-2-5-15(16)18(25)21-20-23-22-19(28-20)17-7-4-12-29-17/h2-12,24H,1H3,(H,21,23,25). The first-order chi connectivity index (χ1) is 14.4. The minimum absolute atomic E-state index is 0.0837. The number of para-hydroxylation sites is 1. The zero-order valence-corrected chi connectivity index (χ0v) is 17.3. The SMILES string of the molecule is Cc1ccc(S(=O)(=O)Nc2ccccc2C(=O)Nc2nnc(-c3cccs3)o2)cc1. The summed E-state index contributed by atoms with van der Waals surface area (Å²) in [7, 11) is -3.86. The lowest BCUT2D eigenvalue weighted by Gasteiger charge is -2.12. The molecule has 0 aliphatic heterocycles. The normalized spacial score (nSPS) is 11.2. The number of hydrogen-bond acceptors (Lipinski definition) is 7. The van der Waals surface area contributed by atoms with Crippen molar-refractivity contribution in [3.8, 4) is 10.8 Å². The molecule has 1 amide bonds. The molecule has 2 N–H and O–H groups in total. The maximum absolute atomic E-state index is 12.7. The average Bonchev–Trinajstić information content (AvgIpc) is 3.40. The van der Waals surface area contributed by atoms with Gasteiger partial charge in [0.25, 0.3) is 21.8 Å². The fourth-order valence-corrected chi connectivity index (χ4v) is 4.35. The fraction of sp³-hybridized carbons (Fsp3) is 0.0500. The van der Waals surface area contributed by atoms with Crippen molar-refractivity contribution in [1.29, 1.82) is 0 Å². The molecule has 4 aromatic rings. The highest BCUT2D eigenvalue weighted by Crippen LogP contribution is 2.25. The van der Waals surface area contributed by atoms with E-state index in [-0.39, 0.29) is 28.1 Å². The number of rotatable bonds is 6. The van der Waals surface area contributed by atoms with E-state index in [9.17, 15) is 13.2 Å². The molecule has 0 radical (unpaired) electrons. The molecule has 0 bridgehead atoms. The van der Waals surface area contributed by atoms with Crippen molar-refractivity contribution in [1.82, 2.24) is 10.2 Å². The van der Waals surface area contributed by atoms with Crippen LogP contribution in [-0.4, -0.2) is 24.5 Å². The topological polar surface area (TPSA) is 114 Å². The van der Waals surface area contributed by atoms with Gasteiger partial charge in [0.15, 0.2) is 0 Å². The van der Waals surface area contributed by atoms with E-state index in [1.807, 2.05) is 24.4 Å². The van der Waals surface area contributed by atoms with Gasteiger partial charge in [-0.2, -0.15) is 0 Å². The Bertz CT molecular complexity index is 1280. The van der Waals surface area contributed by atoms with Crippen LogP contribution in [0.15, 0.2) is 75.4 Å². The van der Waals surface area contributed by atoms with Crippen molar-refractivity contribution in [3.63, 3.8) is 0 Å². The molecule has 0 saturated carbocycles. The number of aryl methyl sites for hydroxylation is 1. The number of thiophene rings is 1. The summed E-state index contributed by atoms with van der Waals surface area (Å²) in [6, 6.07) is 16.3. The lowest BCUT2D eigenvalue weighted by atomic mass is 10.2. The molecule has 0 aliphatic rings. The largest absolute Gasteiger partial charge is 0.402 e. The molecule has 10 heteroatoms. The van der Waals surface area contributed by atoms with Gasteiger partial charge in [-0.05, 0) is 42.6 Å². The molecule has 8 nitrogen and oxygen atoms in total. The average molecular weight is 441 g/mol. The van der Waals surface area contributed by atoms with Gasteiger partial charge in [0.05, 0.1) is 21.0 Å². The molecule has 152 valence electrons. The Kier molecular flexibility index (Phi) is 5.34. The van der Waals surface area contributed by atoms with Crippen molar-refractivity contribution in [3.05, 3.63) is 77.2 Å². The molecular formula is C20H16N4O4S2. The number of aromatic nitrogens is 2. The quantitative estimate of drug-likeness (QED) is 0.465. The van der Waals surface area contributed by atoms with Gasteiger partial charge in [-0.3, -0.25) is 14.8 Å². The third-order valence-electron chi connectivity index (χ3n) is 4.12. The molecule has 0 aliphatic carbocycles. The lowest BCUT2D eigenvalue weighted by Crippen LogP contribution is -2.18. The van der Waals surface area contributed by atoms with Gasteiger partial charge in [-0.15, -0.1) is 16.4 Å². The molecule has 0 saturated heterocycles. The van der Waals surface area contributed by atoms with Gasteiger partial charge in [0, 0.05) is 0 Å². The second-order valence-corrected chi connectivity index (χ2v) is 8.94. The molecule has 0 fully saturated rings. The van der Waals surface area contributed by atoms with E-state index in [1.165, 1.54) is 35.6 Å². The predicted octanol–water partition coefficient (Wildman–Crippen LogP) is 4.16. The zero-order chi connectivity index (χ0) is 21.1. The highest BCUT2D eigenvalue weighted by molar-refractivity contribution is 7.92. The number of carbonyl (C=O) groups is 1. The van der Waals surface area contributed by atoms with Crippen molar-refractivity contribution in [2.45, 2.75) is 11.8 Å². The molecule has 0 atom stereocenters. The van der Waals surface area contributed by atoms with E-state index in [0.29, 0.717) is 0 Å². The van der Waals surface area contributed by atoms with E-state index in [4.69, 9.17) is 4.42 Å². The van der Waals surface area contributed by atoms with E-state index in [0.717, 1.165) is 10.4 Å². The molecule has 30 heavy (non-hydrogen) atoms. The van der Waals surface area contributed by atoms with Crippen LogP contribution in [0.4, 0.5) is 11.7 Å². The first kappa shape index (κ1) is 19.8. The van der Waals surface area contributed by atoms with Crippen LogP contribution in [-0.2, 0) is 10.0 Å². The number of nitrogens with one attached hydrogen (secondary N) is 2. The molecule has 2 aromatic carbocycles. The third-order valence-corrected chi connectivity index (χ3v) is 6.36. The first-order valence-corrected chi connectivity index (χ1v) is 11.2. The van der Waals surface area contributed by atoms with Gasteiger partial charge in [0.2, 0.25) is 0 Å². The van der Waals surface area contributed by atoms with Crippen LogP contribution in [0.1, 0.15) is 15.9 Å². The van der Waals surface area contributed by atoms with Crippen LogP contribution < -0.4 is 10.0 Å². The number of anilines is 2. The molecule has 0 unspecified atom stereocenters. The predicted molar refractivity (Wildman–Crippen MR) is 114 cm³/mol. The zero-order valence-electron chi connectivity index (χ0n) is 15.7. The van der Waals surface area contributed by atoms with Gasteiger partial charge < -0.3 is 4.42 Å². The van der Waals surface area contributed by atoms with Crippen molar-refractivity contribution in [2.75, 3.05) is 10.0 Å². The molecule has 2 heterocycles. The molecule has 4 rings (SSSR count). The fourth-order valence-electron chi connectivity index (χ4n) is 2.63. The Balaban J connectivity index is 1.55. The summed E-state index contributed by atoms with van der Waals surface area (Å²) < 4.78 is 33.3. The van der Waals surface area contributed by atoms with Crippen molar-refractivity contribution >= 4 is 39.0 Å².